The van der Waals surface area contributed by atoms with Crippen molar-refractivity contribution in [3.8, 4) is 0 Å². The highest BCUT2D eigenvalue weighted by molar-refractivity contribution is 7.87. The summed E-state index contributed by atoms with van der Waals surface area (Å²) >= 11 is 0. The Balaban J connectivity index is 2.99. The second-order valence-electron chi connectivity index (χ2n) is 2.47. The lowest BCUT2D eigenvalue weighted by molar-refractivity contribution is -0.152. The molecule has 0 aromatic rings. The van der Waals surface area contributed by atoms with Crippen LogP contribution in [0.15, 0.2) is 0 Å². The van der Waals surface area contributed by atoms with Gasteiger partial charge in [0.2, 0.25) is 0 Å². The average Bonchev–Trinajstić information content (AvgIpc) is 2.25. The largest absolute Gasteiger partial charge is 0.286 e. The highest BCUT2D eigenvalue weighted by atomic mass is 32.2. The molecule has 0 bridgehead atoms. The van der Waals surface area contributed by atoms with E-state index >= 15 is 0 Å². The number of rotatable bonds is 2. The van der Waals surface area contributed by atoms with Crippen molar-refractivity contribution in [2.24, 2.45) is 0 Å². The fourth-order valence-corrected chi connectivity index (χ4v) is 1.76. The molecule has 1 rings (SSSR count). The van der Waals surface area contributed by atoms with Crippen molar-refractivity contribution in [3.63, 3.8) is 0 Å². The van der Waals surface area contributed by atoms with Crippen molar-refractivity contribution in [2.45, 2.75) is 11.7 Å². The lowest BCUT2D eigenvalue weighted by atomic mass is 10.3. The summed E-state index contributed by atoms with van der Waals surface area (Å²) in [5.41, 5.74) is 0. The summed E-state index contributed by atoms with van der Waals surface area (Å²) < 4.78 is 29.8. The highest BCUT2D eigenvalue weighted by Crippen LogP contribution is 2.18. The smallest absolute Gasteiger partial charge is 0.277 e. The van der Waals surface area contributed by atoms with Crippen LogP contribution in [0.1, 0.15) is 6.42 Å². The molecule has 0 aromatic heterocycles. The van der Waals surface area contributed by atoms with E-state index in [4.69, 9.17) is 9.96 Å². The summed E-state index contributed by atoms with van der Waals surface area (Å²) in [4.78, 5) is 15.6. The number of carbonyl (C=O) groups is 1. The van der Waals surface area contributed by atoms with Crippen molar-refractivity contribution < 1.29 is 22.6 Å². The Morgan fingerprint density at radius 3 is 2.46 bits per heavy atom. The van der Waals surface area contributed by atoms with Crippen LogP contribution >= 0.6 is 0 Å². The zero-order valence-electron chi connectivity index (χ0n) is 6.72. The van der Waals surface area contributed by atoms with Crippen LogP contribution in [0.25, 0.3) is 0 Å². The van der Waals surface area contributed by atoms with E-state index in [1.54, 1.807) is 0 Å². The number of hydroxylamine groups is 2. The van der Waals surface area contributed by atoms with Crippen molar-refractivity contribution in [2.75, 3.05) is 7.11 Å². The predicted molar refractivity (Wildman–Crippen MR) is 41.5 cm³/mol. The Hall–Kier alpha value is -0.990. The van der Waals surface area contributed by atoms with Gasteiger partial charge in [-0.15, -0.1) is 0 Å². The van der Waals surface area contributed by atoms with Crippen molar-refractivity contribution in [1.82, 2.24) is 5.06 Å². The summed E-state index contributed by atoms with van der Waals surface area (Å²) in [6, 6.07) is 0. The van der Waals surface area contributed by atoms with Crippen LogP contribution < -0.4 is 0 Å². The summed E-state index contributed by atoms with van der Waals surface area (Å²) in [5.74, 6) is -1.22. The minimum Gasteiger partial charge on any atom is -0.286 e. The number of nitrogens with one attached hydrogen (secondary N) is 1. The van der Waals surface area contributed by atoms with Crippen LogP contribution in [-0.2, 0) is 19.8 Å². The Morgan fingerprint density at radius 1 is 1.69 bits per heavy atom. The molecular weight excluding hydrogens is 200 g/mol. The zero-order valence-corrected chi connectivity index (χ0v) is 7.54. The van der Waals surface area contributed by atoms with Gasteiger partial charge in [-0.2, -0.15) is 13.5 Å². The number of amidine groups is 1. The van der Waals surface area contributed by atoms with Crippen molar-refractivity contribution >= 4 is 21.9 Å². The number of hydrogen-bond donors (Lipinski definition) is 2. The van der Waals surface area contributed by atoms with Crippen molar-refractivity contribution in [3.05, 3.63) is 0 Å². The third-order valence-electron chi connectivity index (χ3n) is 1.64. The van der Waals surface area contributed by atoms with Crippen LogP contribution in [0.3, 0.4) is 0 Å². The van der Waals surface area contributed by atoms with Gasteiger partial charge >= 0.3 is 0 Å². The van der Waals surface area contributed by atoms with Gasteiger partial charge in [0.1, 0.15) is 5.84 Å². The summed E-state index contributed by atoms with van der Waals surface area (Å²) in [6.45, 7) is 0. The second-order valence-corrected chi connectivity index (χ2v) is 4.07. The van der Waals surface area contributed by atoms with E-state index in [-0.39, 0.29) is 12.3 Å². The fourth-order valence-electron chi connectivity index (χ4n) is 1.04. The molecule has 1 aliphatic rings. The van der Waals surface area contributed by atoms with Crippen LogP contribution in [0.4, 0.5) is 0 Å². The quantitative estimate of drug-likeness (QED) is 0.566. The Labute approximate surface area is 74.5 Å². The van der Waals surface area contributed by atoms with Gasteiger partial charge in [-0.05, 0) is 0 Å². The van der Waals surface area contributed by atoms with Crippen LogP contribution in [0, 0.1) is 5.41 Å². The first-order valence-electron chi connectivity index (χ1n) is 3.29. The monoisotopic (exact) mass is 208 g/mol. The summed E-state index contributed by atoms with van der Waals surface area (Å²) in [6.07, 6.45) is -0.356. The third-order valence-corrected chi connectivity index (χ3v) is 2.73. The van der Waals surface area contributed by atoms with Gasteiger partial charge in [-0.25, -0.2) is 0 Å². The maximum Gasteiger partial charge on any atom is 0.277 e. The Kier molecular flexibility index (Phi) is 2.37. The molecule has 0 radical (unpaired) electrons. The van der Waals surface area contributed by atoms with Gasteiger partial charge in [0.15, 0.2) is 5.25 Å². The van der Waals surface area contributed by atoms with E-state index in [2.05, 4.69) is 4.84 Å². The molecule has 2 N–H and O–H groups in total. The van der Waals surface area contributed by atoms with Gasteiger partial charge in [0, 0.05) is 6.42 Å². The average molecular weight is 208 g/mol. The van der Waals surface area contributed by atoms with E-state index in [0.29, 0.717) is 5.06 Å². The molecule has 0 aromatic carbocycles. The first kappa shape index (κ1) is 10.1. The normalized spacial score (nSPS) is 24.2. The van der Waals surface area contributed by atoms with E-state index in [0.717, 1.165) is 7.11 Å². The van der Waals surface area contributed by atoms with E-state index in [1.165, 1.54) is 0 Å². The van der Waals surface area contributed by atoms with Crippen molar-refractivity contribution in [1.29, 1.82) is 5.41 Å². The molecular formula is C5H8N2O5S. The molecule has 0 aliphatic carbocycles. The van der Waals surface area contributed by atoms with Gasteiger partial charge in [0.25, 0.3) is 16.0 Å². The lowest BCUT2D eigenvalue weighted by Crippen LogP contribution is -2.33. The van der Waals surface area contributed by atoms with Crippen LogP contribution in [0.5, 0.6) is 0 Å². The van der Waals surface area contributed by atoms with Crippen LogP contribution in [-0.4, -0.2) is 42.1 Å². The van der Waals surface area contributed by atoms with Crippen LogP contribution in [0.2, 0.25) is 0 Å². The van der Waals surface area contributed by atoms with E-state index in [1.807, 2.05) is 0 Å². The molecule has 7 nitrogen and oxygen atoms in total. The SMILES string of the molecule is CON1C(=N)CC(S(=O)(=O)O)C1=O. The Bertz CT molecular complexity index is 348. The molecule has 8 heteroatoms. The molecule has 74 valence electrons. The molecule has 1 heterocycles. The van der Waals surface area contributed by atoms with Gasteiger partial charge in [-0.3, -0.25) is 19.6 Å². The summed E-state index contributed by atoms with van der Waals surface area (Å²) in [7, 11) is -3.30. The first-order chi connectivity index (χ1) is 5.88. The molecule has 0 spiro atoms. The standard InChI is InChI=1S/C5H8N2O5S/c1-12-7-4(6)2-3(5(7)8)13(9,10)11/h3,6H,2H2,1H3,(H,9,10,11). The lowest BCUT2D eigenvalue weighted by Gasteiger charge is -2.10. The first-order valence-corrected chi connectivity index (χ1v) is 4.80. The summed E-state index contributed by atoms with van der Waals surface area (Å²) in [5, 5.41) is 6.09. The molecule has 0 saturated carbocycles. The minimum absolute atomic E-state index is 0.282. The predicted octanol–water partition coefficient (Wildman–Crippen LogP) is -0.986. The van der Waals surface area contributed by atoms with E-state index < -0.39 is 21.3 Å². The molecule has 1 fully saturated rings. The van der Waals surface area contributed by atoms with Gasteiger partial charge < -0.3 is 0 Å². The van der Waals surface area contributed by atoms with E-state index in [9.17, 15) is 13.2 Å². The molecule has 1 atom stereocenters. The topological polar surface area (TPSA) is 108 Å². The van der Waals surface area contributed by atoms with Gasteiger partial charge in [-0.1, -0.05) is 0 Å². The number of amides is 1. The maximum absolute atomic E-state index is 11.1. The maximum atomic E-state index is 11.1. The number of nitrogens with zero attached hydrogens (tertiary/aromatic N) is 1. The molecule has 1 amide bonds. The Morgan fingerprint density at radius 2 is 2.23 bits per heavy atom. The molecule has 1 saturated heterocycles. The number of hydrogen-bond acceptors (Lipinski definition) is 5. The highest BCUT2D eigenvalue weighted by Gasteiger charge is 2.44. The molecule has 1 aliphatic heterocycles. The number of carbonyl (C=O) groups excluding carboxylic acids is 1. The second kappa shape index (κ2) is 3.05. The molecule has 13 heavy (non-hydrogen) atoms. The third kappa shape index (κ3) is 1.69. The fraction of sp³-hybridized carbons (Fsp3) is 0.600. The minimum atomic E-state index is -4.44. The molecule has 1 unspecified atom stereocenters. The van der Waals surface area contributed by atoms with Gasteiger partial charge in [0.05, 0.1) is 7.11 Å². The zero-order chi connectivity index (χ0) is 10.2.